The van der Waals surface area contributed by atoms with E-state index in [9.17, 15) is 23.1 Å². The van der Waals surface area contributed by atoms with Crippen LogP contribution in [0.1, 0.15) is 62.0 Å². The zero-order chi connectivity index (χ0) is 19.5. The SMILES string of the molecule is O=C(NC1CCCCCC1c1ccccc1C(F)(F)F)C1(O)CCOCC1. The second-order valence-electron chi connectivity index (χ2n) is 7.55. The van der Waals surface area contributed by atoms with Gasteiger partial charge in [0, 0.05) is 38.0 Å². The number of benzene rings is 1. The summed E-state index contributed by atoms with van der Waals surface area (Å²) in [6.45, 7) is 0.601. The van der Waals surface area contributed by atoms with Crippen molar-refractivity contribution in [3.05, 3.63) is 35.4 Å². The van der Waals surface area contributed by atoms with Crippen molar-refractivity contribution in [2.75, 3.05) is 13.2 Å². The van der Waals surface area contributed by atoms with Crippen molar-refractivity contribution in [2.45, 2.75) is 68.7 Å². The number of nitrogens with one attached hydrogen (secondary N) is 1. The van der Waals surface area contributed by atoms with Crippen LogP contribution < -0.4 is 5.32 Å². The Bertz CT molecular complexity index is 656. The molecular weight excluding hydrogens is 359 g/mol. The summed E-state index contributed by atoms with van der Waals surface area (Å²) in [4.78, 5) is 12.7. The molecule has 0 radical (unpaired) electrons. The Labute approximate surface area is 157 Å². The largest absolute Gasteiger partial charge is 0.416 e. The van der Waals surface area contributed by atoms with Gasteiger partial charge in [0.05, 0.1) is 5.56 Å². The predicted molar refractivity (Wildman–Crippen MR) is 94.2 cm³/mol. The molecule has 0 bridgehead atoms. The summed E-state index contributed by atoms with van der Waals surface area (Å²) >= 11 is 0. The van der Waals surface area contributed by atoms with Crippen molar-refractivity contribution in [3.63, 3.8) is 0 Å². The average molecular weight is 385 g/mol. The Balaban J connectivity index is 1.86. The van der Waals surface area contributed by atoms with Crippen molar-refractivity contribution in [3.8, 4) is 0 Å². The first kappa shape index (κ1) is 20.1. The van der Waals surface area contributed by atoms with Gasteiger partial charge in [0.1, 0.15) is 5.60 Å². The third-order valence-electron chi connectivity index (χ3n) is 5.74. The summed E-state index contributed by atoms with van der Waals surface area (Å²) in [6, 6.07) is 5.20. The molecule has 1 aromatic carbocycles. The summed E-state index contributed by atoms with van der Waals surface area (Å²) in [5, 5.41) is 13.5. The maximum atomic E-state index is 13.5. The number of hydrogen-bond donors (Lipinski definition) is 2. The molecule has 1 saturated carbocycles. The van der Waals surface area contributed by atoms with E-state index >= 15 is 0 Å². The zero-order valence-corrected chi connectivity index (χ0v) is 15.2. The van der Waals surface area contributed by atoms with Crippen LogP contribution in [0.15, 0.2) is 24.3 Å². The average Bonchev–Trinajstić information content (AvgIpc) is 2.87. The fourth-order valence-electron chi connectivity index (χ4n) is 4.17. The summed E-state index contributed by atoms with van der Waals surface area (Å²) < 4.78 is 45.7. The van der Waals surface area contributed by atoms with Gasteiger partial charge in [0.25, 0.3) is 5.91 Å². The fraction of sp³-hybridized carbons (Fsp3) is 0.650. The lowest BCUT2D eigenvalue weighted by Crippen LogP contribution is -2.54. The monoisotopic (exact) mass is 385 g/mol. The lowest BCUT2D eigenvalue weighted by Gasteiger charge is -2.35. The second-order valence-corrected chi connectivity index (χ2v) is 7.55. The van der Waals surface area contributed by atoms with Crippen molar-refractivity contribution >= 4 is 5.91 Å². The molecule has 3 rings (SSSR count). The van der Waals surface area contributed by atoms with Gasteiger partial charge in [0.2, 0.25) is 0 Å². The molecule has 2 fully saturated rings. The number of alkyl halides is 3. The number of carbonyl (C=O) groups is 1. The number of aliphatic hydroxyl groups is 1. The Hall–Kier alpha value is -1.60. The lowest BCUT2D eigenvalue weighted by atomic mass is 9.83. The van der Waals surface area contributed by atoms with E-state index < -0.39 is 35.2 Å². The van der Waals surface area contributed by atoms with Gasteiger partial charge >= 0.3 is 6.18 Å². The fourth-order valence-corrected chi connectivity index (χ4v) is 4.17. The number of ether oxygens (including phenoxy) is 1. The molecule has 1 amide bonds. The standard InChI is InChI=1S/C20H26F3NO3/c21-20(22,23)16-8-5-4-6-14(16)15-7-2-1-3-9-17(15)24-18(25)19(26)10-12-27-13-11-19/h4-6,8,15,17,26H,1-3,7,9-13H2,(H,24,25). The van der Waals surface area contributed by atoms with Crippen LogP contribution in [0.5, 0.6) is 0 Å². The van der Waals surface area contributed by atoms with Crippen LogP contribution in [-0.2, 0) is 15.7 Å². The molecule has 1 aliphatic heterocycles. The van der Waals surface area contributed by atoms with E-state index in [0.29, 0.717) is 26.1 Å². The topological polar surface area (TPSA) is 58.6 Å². The number of rotatable bonds is 3. The number of carbonyl (C=O) groups excluding carboxylic acids is 1. The van der Waals surface area contributed by atoms with E-state index in [1.165, 1.54) is 12.1 Å². The van der Waals surface area contributed by atoms with Crippen molar-refractivity contribution in [1.29, 1.82) is 0 Å². The van der Waals surface area contributed by atoms with Crippen LogP contribution in [0, 0.1) is 0 Å². The minimum Gasteiger partial charge on any atom is -0.381 e. The predicted octanol–water partition coefficient (Wildman–Crippen LogP) is 3.78. The van der Waals surface area contributed by atoms with Crippen LogP contribution in [-0.4, -0.2) is 35.9 Å². The molecular formula is C20H26F3NO3. The highest BCUT2D eigenvalue weighted by Crippen LogP contribution is 2.40. The highest BCUT2D eigenvalue weighted by Gasteiger charge is 2.41. The molecule has 4 nitrogen and oxygen atoms in total. The van der Waals surface area contributed by atoms with Gasteiger partial charge in [-0.15, -0.1) is 0 Å². The molecule has 1 aliphatic carbocycles. The maximum absolute atomic E-state index is 13.5. The lowest BCUT2D eigenvalue weighted by molar-refractivity contribution is -0.150. The molecule has 0 spiro atoms. The Kier molecular flexibility index (Phi) is 6.11. The van der Waals surface area contributed by atoms with Crippen LogP contribution >= 0.6 is 0 Å². The zero-order valence-electron chi connectivity index (χ0n) is 15.2. The summed E-state index contributed by atoms with van der Waals surface area (Å²) in [6.07, 6.45) is -0.247. The van der Waals surface area contributed by atoms with E-state index in [1.807, 2.05) is 0 Å². The highest BCUT2D eigenvalue weighted by atomic mass is 19.4. The van der Waals surface area contributed by atoms with Gasteiger partial charge in [-0.25, -0.2) is 0 Å². The van der Waals surface area contributed by atoms with Crippen LogP contribution in [0.2, 0.25) is 0 Å². The summed E-state index contributed by atoms with van der Waals surface area (Å²) in [5.41, 5.74) is -1.91. The van der Waals surface area contributed by atoms with Gasteiger partial charge in [-0.3, -0.25) is 4.79 Å². The minimum atomic E-state index is -4.43. The number of hydrogen-bond acceptors (Lipinski definition) is 3. The van der Waals surface area contributed by atoms with Gasteiger partial charge in [-0.2, -0.15) is 13.2 Å². The molecule has 150 valence electrons. The summed E-state index contributed by atoms with van der Waals surface area (Å²) in [7, 11) is 0. The van der Waals surface area contributed by atoms with Crippen LogP contribution in [0.4, 0.5) is 13.2 Å². The van der Waals surface area contributed by atoms with E-state index in [2.05, 4.69) is 5.32 Å². The van der Waals surface area contributed by atoms with Crippen LogP contribution in [0.25, 0.3) is 0 Å². The quantitative estimate of drug-likeness (QED) is 0.779. The molecule has 0 aromatic heterocycles. The molecule has 1 saturated heterocycles. The molecule has 2 atom stereocenters. The van der Waals surface area contributed by atoms with Gasteiger partial charge in [0.15, 0.2) is 0 Å². The van der Waals surface area contributed by atoms with Crippen LogP contribution in [0.3, 0.4) is 0 Å². The maximum Gasteiger partial charge on any atom is 0.416 e. The molecule has 7 heteroatoms. The van der Waals surface area contributed by atoms with E-state index in [0.717, 1.165) is 25.3 Å². The third-order valence-corrected chi connectivity index (χ3v) is 5.74. The Morgan fingerprint density at radius 3 is 2.48 bits per heavy atom. The molecule has 27 heavy (non-hydrogen) atoms. The Morgan fingerprint density at radius 1 is 1.11 bits per heavy atom. The first-order chi connectivity index (χ1) is 12.8. The van der Waals surface area contributed by atoms with Crippen molar-refractivity contribution in [1.82, 2.24) is 5.32 Å². The van der Waals surface area contributed by atoms with E-state index in [-0.39, 0.29) is 18.4 Å². The normalized spacial score (nSPS) is 26.2. The first-order valence-corrected chi connectivity index (χ1v) is 9.58. The van der Waals surface area contributed by atoms with Gasteiger partial charge in [-0.05, 0) is 24.5 Å². The highest BCUT2D eigenvalue weighted by molar-refractivity contribution is 5.85. The van der Waals surface area contributed by atoms with Gasteiger partial charge in [-0.1, -0.05) is 37.5 Å². The minimum absolute atomic E-state index is 0.204. The van der Waals surface area contributed by atoms with E-state index in [4.69, 9.17) is 4.74 Å². The van der Waals surface area contributed by atoms with Crippen molar-refractivity contribution in [2.24, 2.45) is 0 Å². The van der Waals surface area contributed by atoms with Crippen molar-refractivity contribution < 1.29 is 27.8 Å². The number of halogens is 3. The second kappa shape index (κ2) is 8.19. The van der Waals surface area contributed by atoms with E-state index in [1.54, 1.807) is 6.07 Å². The molecule has 1 aromatic rings. The smallest absolute Gasteiger partial charge is 0.381 e. The molecule has 2 unspecified atom stereocenters. The van der Waals surface area contributed by atoms with Gasteiger partial charge < -0.3 is 15.2 Å². The number of amides is 1. The Morgan fingerprint density at radius 2 is 1.78 bits per heavy atom. The molecule has 1 heterocycles. The molecule has 2 aliphatic rings. The molecule has 2 N–H and O–H groups in total. The third kappa shape index (κ3) is 4.63. The summed E-state index contributed by atoms with van der Waals surface area (Å²) in [5.74, 6) is -0.912. The first-order valence-electron chi connectivity index (χ1n) is 9.58.